The first-order chi connectivity index (χ1) is 11.9. The van der Waals surface area contributed by atoms with Crippen molar-refractivity contribution in [2.45, 2.75) is 25.7 Å². The van der Waals surface area contributed by atoms with E-state index in [4.69, 9.17) is 4.74 Å². The summed E-state index contributed by atoms with van der Waals surface area (Å²) in [5, 5.41) is 0. The minimum Gasteiger partial charge on any atom is -0.489 e. The highest BCUT2D eigenvalue weighted by Gasteiger charge is 2.08. The minimum absolute atomic E-state index is 0.636. The number of allylic oxidation sites excluding steroid dienone is 5. The molecule has 0 spiro atoms. The second-order valence-corrected chi connectivity index (χ2v) is 5.89. The molecule has 1 aromatic rings. The molecule has 0 fully saturated rings. The van der Waals surface area contributed by atoms with Gasteiger partial charge in [-0.1, -0.05) is 48.6 Å². The predicted octanol–water partition coefficient (Wildman–Crippen LogP) is 5.55. The Hall–Kier alpha value is -2.35. The first-order valence-corrected chi connectivity index (χ1v) is 8.69. The molecule has 0 bridgehead atoms. The van der Waals surface area contributed by atoms with Crippen LogP contribution in [-0.4, -0.2) is 19.4 Å². The fourth-order valence-electron chi connectivity index (χ4n) is 2.53. The summed E-state index contributed by atoms with van der Waals surface area (Å²) >= 11 is 0. The van der Waals surface area contributed by atoms with E-state index in [9.17, 15) is 0 Å². The first kappa shape index (κ1) is 18.0. The first-order valence-electron chi connectivity index (χ1n) is 8.69. The summed E-state index contributed by atoms with van der Waals surface area (Å²) in [6.45, 7) is 5.22. The summed E-state index contributed by atoms with van der Waals surface area (Å²) in [5.41, 5.74) is 1.26. The molecule has 1 unspecified atom stereocenters. The van der Waals surface area contributed by atoms with Crippen LogP contribution < -0.4 is 4.74 Å². The van der Waals surface area contributed by atoms with E-state index in [0.29, 0.717) is 12.5 Å². The van der Waals surface area contributed by atoms with Gasteiger partial charge in [-0.15, -0.1) is 6.58 Å². The molecule has 2 rings (SSSR count). The van der Waals surface area contributed by atoms with Crippen molar-refractivity contribution in [1.29, 1.82) is 0 Å². The van der Waals surface area contributed by atoms with E-state index < -0.39 is 0 Å². The van der Waals surface area contributed by atoms with Crippen LogP contribution in [0, 0.1) is 5.92 Å². The van der Waals surface area contributed by atoms with Crippen LogP contribution in [0.25, 0.3) is 0 Å². The average Bonchev–Trinajstić information content (AvgIpc) is 2.64. The van der Waals surface area contributed by atoms with E-state index in [-0.39, 0.29) is 0 Å². The van der Waals surface area contributed by atoms with Crippen LogP contribution in [0.1, 0.15) is 25.7 Å². The van der Waals surface area contributed by atoms with Gasteiger partial charge in [-0.25, -0.2) is 0 Å². The van der Waals surface area contributed by atoms with Gasteiger partial charge in [-0.05, 0) is 55.4 Å². The highest BCUT2D eigenvalue weighted by atomic mass is 16.5. The standard InChI is InChI=1S/C22H27NO/c1-2-3-4-8-17-23-18-9-10-20-13-15-21(16-14-20)19-24-22-11-6-5-7-12-22/h2,4-8,11-13,15-17,20H,1,3,9-10,14,18-19H2/b8-4+,23-17?. The van der Waals surface area contributed by atoms with Crippen molar-refractivity contribution in [1.82, 2.24) is 0 Å². The van der Waals surface area contributed by atoms with E-state index in [1.165, 1.54) is 12.0 Å². The van der Waals surface area contributed by atoms with E-state index in [2.05, 4.69) is 35.9 Å². The lowest BCUT2D eigenvalue weighted by molar-refractivity contribution is 0.353. The van der Waals surface area contributed by atoms with Gasteiger partial charge in [0.2, 0.25) is 0 Å². The molecule has 0 saturated carbocycles. The highest BCUT2D eigenvalue weighted by molar-refractivity contribution is 5.70. The topological polar surface area (TPSA) is 21.6 Å². The lowest BCUT2D eigenvalue weighted by Gasteiger charge is -2.16. The van der Waals surface area contributed by atoms with Crippen molar-refractivity contribution < 1.29 is 4.74 Å². The van der Waals surface area contributed by atoms with Gasteiger partial charge in [0, 0.05) is 12.8 Å². The largest absolute Gasteiger partial charge is 0.489 e. The van der Waals surface area contributed by atoms with Crippen LogP contribution in [0.3, 0.4) is 0 Å². The van der Waals surface area contributed by atoms with Gasteiger partial charge in [0.1, 0.15) is 12.4 Å². The third-order valence-corrected chi connectivity index (χ3v) is 3.91. The number of benzene rings is 1. The van der Waals surface area contributed by atoms with Crippen LogP contribution in [0.15, 0.2) is 83.9 Å². The van der Waals surface area contributed by atoms with Gasteiger partial charge in [0.25, 0.3) is 0 Å². The maximum absolute atomic E-state index is 5.78. The minimum atomic E-state index is 0.636. The molecule has 0 amide bonds. The van der Waals surface area contributed by atoms with Crippen molar-refractivity contribution in [3.8, 4) is 5.75 Å². The zero-order valence-electron chi connectivity index (χ0n) is 14.3. The fraction of sp³-hybridized carbons (Fsp3) is 0.318. The molecule has 126 valence electrons. The third kappa shape index (κ3) is 7.28. The molecule has 0 saturated heterocycles. The maximum Gasteiger partial charge on any atom is 0.119 e. The summed E-state index contributed by atoms with van der Waals surface area (Å²) in [4.78, 5) is 4.40. The Labute approximate surface area is 146 Å². The molecule has 24 heavy (non-hydrogen) atoms. The number of rotatable bonds is 10. The van der Waals surface area contributed by atoms with Crippen molar-refractivity contribution in [2.24, 2.45) is 10.9 Å². The number of aliphatic imine (C=N–C) groups is 1. The summed E-state index contributed by atoms with van der Waals surface area (Å²) in [7, 11) is 0. The van der Waals surface area contributed by atoms with E-state index >= 15 is 0 Å². The molecule has 1 atom stereocenters. The van der Waals surface area contributed by atoms with Gasteiger partial charge >= 0.3 is 0 Å². The number of para-hydroxylation sites is 1. The molecular formula is C22H27NO. The van der Waals surface area contributed by atoms with Gasteiger partial charge in [0.15, 0.2) is 0 Å². The smallest absolute Gasteiger partial charge is 0.119 e. The Kier molecular flexibility index (Phi) is 8.42. The number of nitrogens with zero attached hydrogens (tertiary/aromatic N) is 1. The molecule has 0 N–H and O–H groups in total. The number of hydrogen-bond acceptors (Lipinski definition) is 2. The highest BCUT2D eigenvalue weighted by Crippen LogP contribution is 2.21. The molecular weight excluding hydrogens is 294 g/mol. The van der Waals surface area contributed by atoms with Gasteiger partial charge < -0.3 is 4.74 Å². The van der Waals surface area contributed by atoms with Crippen LogP contribution in [0.5, 0.6) is 5.75 Å². The van der Waals surface area contributed by atoms with Crippen molar-refractivity contribution >= 4 is 6.21 Å². The molecule has 0 heterocycles. The van der Waals surface area contributed by atoms with E-state index in [0.717, 1.165) is 31.6 Å². The second kappa shape index (κ2) is 11.2. The Balaban J connectivity index is 1.59. The normalized spacial score (nSPS) is 17.3. The summed E-state index contributed by atoms with van der Waals surface area (Å²) in [6.07, 6.45) is 19.0. The SMILES string of the molecule is C=CC/C=C/C=NCCCC1C=CC(COc2ccccc2)=CC1. The average molecular weight is 321 g/mol. The maximum atomic E-state index is 5.78. The van der Waals surface area contributed by atoms with Crippen LogP contribution >= 0.6 is 0 Å². The fourth-order valence-corrected chi connectivity index (χ4v) is 2.53. The van der Waals surface area contributed by atoms with Crippen LogP contribution in [0.4, 0.5) is 0 Å². The molecule has 2 heteroatoms. The van der Waals surface area contributed by atoms with Gasteiger partial charge in [-0.2, -0.15) is 0 Å². The van der Waals surface area contributed by atoms with E-state index in [1.807, 2.05) is 48.7 Å². The van der Waals surface area contributed by atoms with Crippen LogP contribution in [-0.2, 0) is 0 Å². The second-order valence-electron chi connectivity index (χ2n) is 5.89. The lowest BCUT2D eigenvalue weighted by atomic mass is 9.93. The van der Waals surface area contributed by atoms with E-state index in [1.54, 1.807) is 0 Å². The monoisotopic (exact) mass is 321 g/mol. The number of hydrogen-bond donors (Lipinski definition) is 0. The Morgan fingerprint density at radius 2 is 2.12 bits per heavy atom. The van der Waals surface area contributed by atoms with Crippen molar-refractivity contribution in [3.05, 3.63) is 78.9 Å². The quantitative estimate of drug-likeness (QED) is 0.314. The molecule has 0 aliphatic heterocycles. The Morgan fingerprint density at radius 1 is 1.25 bits per heavy atom. The third-order valence-electron chi connectivity index (χ3n) is 3.91. The molecule has 0 aromatic heterocycles. The molecule has 1 aromatic carbocycles. The predicted molar refractivity (Wildman–Crippen MR) is 104 cm³/mol. The molecule has 1 aliphatic carbocycles. The summed E-state index contributed by atoms with van der Waals surface area (Å²) in [5.74, 6) is 1.56. The zero-order chi connectivity index (χ0) is 16.9. The van der Waals surface area contributed by atoms with Crippen LogP contribution in [0.2, 0.25) is 0 Å². The van der Waals surface area contributed by atoms with Crippen molar-refractivity contribution in [2.75, 3.05) is 13.2 Å². The van der Waals surface area contributed by atoms with Gasteiger partial charge in [0.05, 0.1) is 0 Å². The summed E-state index contributed by atoms with van der Waals surface area (Å²) < 4.78 is 5.78. The summed E-state index contributed by atoms with van der Waals surface area (Å²) in [6, 6.07) is 9.97. The number of ether oxygens (including phenoxy) is 1. The Bertz CT molecular complexity index is 596. The zero-order valence-corrected chi connectivity index (χ0v) is 14.3. The lowest BCUT2D eigenvalue weighted by Crippen LogP contribution is -2.06. The van der Waals surface area contributed by atoms with Gasteiger partial charge in [-0.3, -0.25) is 4.99 Å². The molecule has 0 radical (unpaired) electrons. The van der Waals surface area contributed by atoms with Crippen molar-refractivity contribution in [3.63, 3.8) is 0 Å². The molecule has 2 nitrogen and oxygen atoms in total. The molecule has 1 aliphatic rings. The Morgan fingerprint density at radius 3 is 2.88 bits per heavy atom.